The smallest absolute Gasteiger partial charge is 0.340 e. The summed E-state index contributed by atoms with van der Waals surface area (Å²) in [5.74, 6) is -0.384. The number of esters is 1. The molecule has 0 aromatic heterocycles. The molecule has 0 saturated carbocycles. The van der Waals surface area contributed by atoms with Crippen molar-refractivity contribution in [3.63, 3.8) is 0 Å². The number of rotatable bonds is 6. The molecule has 88 valence electrons. The first kappa shape index (κ1) is 12.7. The van der Waals surface area contributed by atoms with Crippen LogP contribution in [0.2, 0.25) is 0 Å². The summed E-state index contributed by atoms with van der Waals surface area (Å²) in [7, 11) is 1.59. The van der Waals surface area contributed by atoms with E-state index in [1.807, 2.05) is 6.07 Å². The molecule has 0 bridgehead atoms. The molecule has 0 radical (unpaired) electrons. The lowest BCUT2D eigenvalue weighted by molar-refractivity contribution is -0.107. The van der Waals surface area contributed by atoms with E-state index >= 15 is 0 Å². The van der Waals surface area contributed by atoms with Gasteiger partial charge in [0.2, 0.25) is 6.29 Å². The molecular formula is C12H16O4. The maximum absolute atomic E-state index is 11.6. The maximum Gasteiger partial charge on any atom is 0.340 e. The van der Waals surface area contributed by atoms with Crippen LogP contribution in [0.1, 0.15) is 17.3 Å². The van der Waals surface area contributed by atoms with Gasteiger partial charge >= 0.3 is 5.97 Å². The third-order valence-electron chi connectivity index (χ3n) is 1.92. The molecule has 0 aliphatic carbocycles. The summed E-state index contributed by atoms with van der Waals surface area (Å²) in [6, 6.07) is 8.81. The second-order valence-corrected chi connectivity index (χ2v) is 3.20. The molecule has 0 heterocycles. The second-order valence-electron chi connectivity index (χ2n) is 3.20. The normalized spacial score (nSPS) is 12.1. The third kappa shape index (κ3) is 4.42. The minimum absolute atomic E-state index is 0.384. The fourth-order valence-electron chi connectivity index (χ4n) is 1.12. The van der Waals surface area contributed by atoms with Crippen molar-refractivity contribution in [1.29, 1.82) is 0 Å². The van der Waals surface area contributed by atoms with Crippen LogP contribution in [0.25, 0.3) is 0 Å². The van der Waals surface area contributed by atoms with Gasteiger partial charge in [0.25, 0.3) is 0 Å². The molecule has 1 aromatic carbocycles. The number of benzene rings is 1. The summed E-state index contributed by atoms with van der Waals surface area (Å²) in [5, 5.41) is 0. The van der Waals surface area contributed by atoms with Crippen molar-refractivity contribution in [2.45, 2.75) is 13.2 Å². The fourth-order valence-corrected chi connectivity index (χ4v) is 1.12. The monoisotopic (exact) mass is 224 g/mol. The Morgan fingerprint density at radius 1 is 1.25 bits per heavy atom. The lowest BCUT2D eigenvalue weighted by atomic mass is 10.2. The minimum Gasteiger partial charge on any atom is -0.432 e. The van der Waals surface area contributed by atoms with Crippen LogP contribution in [0, 0.1) is 0 Å². The third-order valence-corrected chi connectivity index (χ3v) is 1.92. The standard InChI is InChI=1S/C12H16O4/c1-10(15-9-8-14-2)16-12(13)11-6-4-3-5-7-11/h3-7,10H,8-9H2,1-2H3. The van der Waals surface area contributed by atoms with Crippen molar-refractivity contribution < 1.29 is 19.0 Å². The fraction of sp³-hybridized carbons (Fsp3) is 0.417. The summed E-state index contributed by atoms with van der Waals surface area (Å²) in [4.78, 5) is 11.6. The molecular weight excluding hydrogens is 208 g/mol. The van der Waals surface area contributed by atoms with Gasteiger partial charge in [0, 0.05) is 7.11 Å². The first-order valence-corrected chi connectivity index (χ1v) is 5.10. The summed E-state index contributed by atoms with van der Waals surface area (Å²) < 4.78 is 15.1. The first-order chi connectivity index (χ1) is 7.74. The largest absolute Gasteiger partial charge is 0.432 e. The molecule has 1 atom stereocenters. The number of ether oxygens (including phenoxy) is 3. The van der Waals surface area contributed by atoms with Gasteiger partial charge in [-0.2, -0.15) is 0 Å². The van der Waals surface area contributed by atoms with E-state index in [4.69, 9.17) is 14.2 Å². The van der Waals surface area contributed by atoms with Gasteiger partial charge in [-0.1, -0.05) is 18.2 Å². The molecule has 4 nitrogen and oxygen atoms in total. The van der Waals surface area contributed by atoms with Gasteiger partial charge in [-0.3, -0.25) is 0 Å². The van der Waals surface area contributed by atoms with Crippen LogP contribution >= 0.6 is 0 Å². The zero-order valence-corrected chi connectivity index (χ0v) is 9.51. The van der Waals surface area contributed by atoms with Crippen LogP contribution in [-0.2, 0) is 14.2 Å². The van der Waals surface area contributed by atoms with Crippen LogP contribution in [0.5, 0.6) is 0 Å². The number of hydrogen-bond acceptors (Lipinski definition) is 4. The predicted molar refractivity (Wildman–Crippen MR) is 59.1 cm³/mol. The van der Waals surface area contributed by atoms with Crippen LogP contribution < -0.4 is 0 Å². The maximum atomic E-state index is 11.6. The molecule has 0 aliphatic rings. The summed E-state index contributed by atoms with van der Waals surface area (Å²) in [5.41, 5.74) is 0.518. The van der Waals surface area contributed by atoms with Gasteiger partial charge in [-0.15, -0.1) is 0 Å². The van der Waals surface area contributed by atoms with Gasteiger partial charge in [0.1, 0.15) is 0 Å². The Bertz CT molecular complexity index is 310. The molecule has 1 unspecified atom stereocenters. The van der Waals surface area contributed by atoms with Crippen LogP contribution in [0.15, 0.2) is 30.3 Å². The highest BCUT2D eigenvalue weighted by Gasteiger charge is 2.11. The van der Waals surface area contributed by atoms with E-state index in [9.17, 15) is 4.79 Å². The zero-order chi connectivity index (χ0) is 11.8. The molecule has 16 heavy (non-hydrogen) atoms. The molecule has 0 aliphatic heterocycles. The van der Waals surface area contributed by atoms with E-state index in [0.29, 0.717) is 18.8 Å². The quantitative estimate of drug-likeness (QED) is 0.420. The lowest BCUT2D eigenvalue weighted by Gasteiger charge is -2.13. The molecule has 0 fully saturated rings. The molecule has 4 heteroatoms. The topological polar surface area (TPSA) is 44.8 Å². The molecule has 0 N–H and O–H groups in total. The van der Waals surface area contributed by atoms with Gasteiger partial charge in [0.15, 0.2) is 0 Å². The van der Waals surface area contributed by atoms with Crippen molar-refractivity contribution in [1.82, 2.24) is 0 Å². The van der Waals surface area contributed by atoms with E-state index in [1.165, 1.54) is 0 Å². The zero-order valence-electron chi connectivity index (χ0n) is 9.51. The first-order valence-electron chi connectivity index (χ1n) is 5.10. The molecule has 0 saturated heterocycles. The Kier molecular flexibility index (Phi) is 5.53. The Labute approximate surface area is 95.1 Å². The van der Waals surface area contributed by atoms with Crippen molar-refractivity contribution in [2.75, 3.05) is 20.3 Å². The predicted octanol–water partition coefficient (Wildman–Crippen LogP) is 1.85. The van der Waals surface area contributed by atoms with E-state index in [1.54, 1.807) is 38.3 Å². The highest BCUT2D eigenvalue weighted by atomic mass is 16.7. The number of hydrogen-bond donors (Lipinski definition) is 0. The number of carbonyl (C=O) groups is 1. The minimum atomic E-state index is -0.567. The molecule has 0 amide bonds. The van der Waals surface area contributed by atoms with Gasteiger partial charge < -0.3 is 14.2 Å². The molecule has 0 spiro atoms. The van der Waals surface area contributed by atoms with Gasteiger partial charge in [-0.25, -0.2) is 4.79 Å². The average molecular weight is 224 g/mol. The Balaban J connectivity index is 2.34. The van der Waals surface area contributed by atoms with E-state index < -0.39 is 6.29 Å². The van der Waals surface area contributed by atoms with Crippen LogP contribution in [0.3, 0.4) is 0 Å². The Morgan fingerprint density at radius 2 is 1.94 bits per heavy atom. The second kappa shape index (κ2) is 6.98. The summed E-state index contributed by atoms with van der Waals surface area (Å²) >= 11 is 0. The van der Waals surface area contributed by atoms with E-state index in [0.717, 1.165) is 0 Å². The highest BCUT2D eigenvalue weighted by Crippen LogP contribution is 2.04. The summed E-state index contributed by atoms with van der Waals surface area (Å²) in [6.45, 7) is 2.56. The Hall–Kier alpha value is -1.39. The number of methoxy groups -OCH3 is 1. The summed E-state index contributed by atoms with van der Waals surface area (Å²) in [6.07, 6.45) is -0.567. The van der Waals surface area contributed by atoms with Gasteiger partial charge in [0.05, 0.1) is 18.8 Å². The van der Waals surface area contributed by atoms with Crippen LogP contribution in [0.4, 0.5) is 0 Å². The van der Waals surface area contributed by atoms with Crippen molar-refractivity contribution in [2.24, 2.45) is 0 Å². The molecule has 1 rings (SSSR count). The van der Waals surface area contributed by atoms with E-state index in [-0.39, 0.29) is 5.97 Å². The molecule has 1 aromatic rings. The lowest BCUT2D eigenvalue weighted by Crippen LogP contribution is -2.20. The average Bonchev–Trinajstić information content (AvgIpc) is 2.30. The SMILES string of the molecule is COCCOC(C)OC(=O)c1ccccc1. The van der Waals surface area contributed by atoms with Gasteiger partial charge in [-0.05, 0) is 19.1 Å². The van der Waals surface area contributed by atoms with Crippen molar-refractivity contribution >= 4 is 5.97 Å². The Morgan fingerprint density at radius 3 is 2.56 bits per heavy atom. The number of carbonyl (C=O) groups excluding carboxylic acids is 1. The van der Waals surface area contributed by atoms with Crippen molar-refractivity contribution in [3.8, 4) is 0 Å². The highest BCUT2D eigenvalue weighted by molar-refractivity contribution is 5.89. The van der Waals surface area contributed by atoms with Crippen LogP contribution in [-0.4, -0.2) is 32.6 Å². The van der Waals surface area contributed by atoms with E-state index in [2.05, 4.69) is 0 Å². The van der Waals surface area contributed by atoms with Crippen molar-refractivity contribution in [3.05, 3.63) is 35.9 Å².